The monoisotopic (exact) mass is 180 g/mol. The van der Waals surface area contributed by atoms with E-state index in [1.807, 2.05) is 18.2 Å². The van der Waals surface area contributed by atoms with Gasteiger partial charge in [0.1, 0.15) is 18.1 Å². The molecule has 0 heterocycles. The van der Waals surface area contributed by atoms with E-state index >= 15 is 0 Å². The van der Waals surface area contributed by atoms with Crippen LogP contribution in [0.3, 0.4) is 0 Å². The fourth-order valence-corrected chi connectivity index (χ4v) is 1.15. The summed E-state index contributed by atoms with van der Waals surface area (Å²) in [7, 11) is 1.56. The fourth-order valence-electron chi connectivity index (χ4n) is 1.15. The Morgan fingerprint density at radius 1 is 1.54 bits per heavy atom. The van der Waals surface area contributed by atoms with Gasteiger partial charge in [0.2, 0.25) is 0 Å². The molecule has 0 aliphatic heterocycles. The summed E-state index contributed by atoms with van der Waals surface area (Å²) in [5.74, 6) is 0.698. The molecule has 70 valence electrons. The molecule has 1 aromatic carbocycles. The molecule has 3 nitrogen and oxygen atoms in total. The van der Waals surface area contributed by atoms with Gasteiger partial charge in [-0.2, -0.15) is 0 Å². The topological polar surface area (TPSA) is 46.5 Å². The second-order valence-electron chi connectivity index (χ2n) is 2.72. The Morgan fingerprint density at radius 2 is 2.23 bits per heavy atom. The van der Waals surface area contributed by atoms with Gasteiger partial charge in [-0.15, -0.1) is 0 Å². The zero-order valence-corrected chi connectivity index (χ0v) is 7.43. The van der Waals surface area contributed by atoms with Crippen molar-refractivity contribution in [1.29, 1.82) is 0 Å². The molecule has 0 radical (unpaired) electrons. The van der Waals surface area contributed by atoms with Crippen LogP contribution < -0.4 is 4.74 Å². The number of aldehydes is 1. The van der Waals surface area contributed by atoms with Gasteiger partial charge in [-0.1, -0.05) is 18.2 Å². The fraction of sp³-hybridized carbons (Fsp3) is 0.300. The number of hydrogen-bond acceptors (Lipinski definition) is 3. The summed E-state index contributed by atoms with van der Waals surface area (Å²) < 4.78 is 5.06. The Morgan fingerprint density at radius 3 is 2.85 bits per heavy atom. The molecule has 0 amide bonds. The van der Waals surface area contributed by atoms with E-state index in [9.17, 15) is 4.79 Å². The molecule has 13 heavy (non-hydrogen) atoms. The lowest BCUT2D eigenvalue weighted by molar-refractivity contribution is -0.114. The van der Waals surface area contributed by atoms with Crippen LogP contribution in [0, 0.1) is 0 Å². The highest BCUT2D eigenvalue weighted by atomic mass is 16.5. The van der Waals surface area contributed by atoms with Crippen LogP contribution in [0.25, 0.3) is 0 Å². The van der Waals surface area contributed by atoms with Crippen LogP contribution in [-0.2, 0) is 11.2 Å². The predicted molar refractivity (Wildman–Crippen MR) is 48.8 cm³/mol. The normalized spacial score (nSPS) is 12.2. The summed E-state index contributed by atoms with van der Waals surface area (Å²) >= 11 is 0. The molecule has 1 atom stereocenters. The zero-order chi connectivity index (χ0) is 9.68. The molecule has 1 rings (SSSR count). The molecule has 1 unspecified atom stereocenters. The quantitative estimate of drug-likeness (QED) is 0.697. The standard InChI is InChI=1S/C10H12O3/c1-13-10-5-3-2-4-8(10)6-9(12)7-11/h2-5,7,9,12H,6H2,1H3. The Kier molecular flexibility index (Phi) is 3.46. The van der Waals surface area contributed by atoms with Crippen LogP contribution in [0.15, 0.2) is 24.3 Å². The largest absolute Gasteiger partial charge is 0.496 e. The summed E-state index contributed by atoms with van der Waals surface area (Å²) in [4.78, 5) is 10.2. The summed E-state index contributed by atoms with van der Waals surface area (Å²) in [5, 5.41) is 9.11. The molecule has 0 bridgehead atoms. The van der Waals surface area contributed by atoms with E-state index in [0.29, 0.717) is 18.5 Å². The smallest absolute Gasteiger partial charge is 0.148 e. The number of aliphatic hydroxyl groups excluding tert-OH is 1. The van der Waals surface area contributed by atoms with Gasteiger partial charge in [-0.3, -0.25) is 0 Å². The van der Waals surface area contributed by atoms with Gasteiger partial charge < -0.3 is 14.6 Å². The van der Waals surface area contributed by atoms with Crippen molar-refractivity contribution in [2.75, 3.05) is 7.11 Å². The predicted octanol–water partition coefficient (Wildman–Crippen LogP) is 0.797. The number of hydrogen-bond donors (Lipinski definition) is 1. The van der Waals surface area contributed by atoms with E-state index in [1.165, 1.54) is 0 Å². The van der Waals surface area contributed by atoms with Crippen LogP contribution in [-0.4, -0.2) is 24.6 Å². The summed E-state index contributed by atoms with van der Waals surface area (Å²) in [5.41, 5.74) is 0.838. The van der Waals surface area contributed by atoms with E-state index in [-0.39, 0.29) is 0 Å². The van der Waals surface area contributed by atoms with Crippen LogP contribution in [0.2, 0.25) is 0 Å². The number of benzene rings is 1. The van der Waals surface area contributed by atoms with Gasteiger partial charge in [0.15, 0.2) is 0 Å². The first-order valence-electron chi connectivity index (χ1n) is 4.03. The summed E-state index contributed by atoms with van der Waals surface area (Å²) in [6.07, 6.45) is -0.128. The molecule has 3 heteroatoms. The van der Waals surface area contributed by atoms with Crippen molar-refractivity contribution in [2.45, 2.75) is 12.5 Å². The van der Waals surface area contributed by atoms with Crippen molar-refractivity contribution < 1.29 is 14.6 Å². The van der Waals surface area contributed by atoms with Crippen LogP contribution in [0.4, 0.5) is 0 Å². The molecule has 1 aromatic rings. The third-order valence-corrected chi connectivity index (χ3v) is 1.78. The number of ether oxygens (including phenoxy) is 1. The number of methoxy groups -OCH3 is 1. The minimum Gasteiger partial charge on any atom is -0.496 e. The summed E-state index contributed by atoms with van der Waals surface area (Å²) in [6.45, 7) is 0. The average Bonchev–Trinajstić information content (AvgIpc) is 2.18. The third-order valence-electron chi connectivity index (χ3n) is 1.78. The maximum absolute atomic E-state index is 10.2. The van der Waals surface area contributed by atoms with E-state index in [4.69, 9.17) is 9.84 Å². The summed E-state index contributed by atoms with van der Waals surface area (Å²) in [6, 6.07) is 7.31. The maximum Gasteiger partial charge on any atom is 0.148 e. The van der Waals surface area contributed by atoms with Gasteiger partial charge in [0.05, 0.1) is 7.11 Å². The van der Waals surface area contributed by atoms with Gasteiger partial charge >= 0.3 is 0 Å². The Labute approximate surface area is 77.0 Å². The lowest BCUT2D eigenvalue weighted by Gasteiger charge is -2.08. The molecule has 0 aromatic heterocycles. The molecule has 0 saturated carbocycles. The van der Waals surface area contributed by atoms with Crippen molar-refractivity contribution in [3.63, 3.8) is 0 Å². The van der Waals surface area contributed by atoms with Crippen LogP contribution in [0.5, 0.6) is 5.75 Å². The van der Waals surface area contributed by atoms with Gasteiger partial charge in [-0.05, 0) is 11.6 Å². The van der Waals surface area contributed by atoms with Crippen LogP contribution >= 0.6 is 0 Å². The minimum absolute atomic E-state index is 0.299. The van der Waals surface area contributed by atoms with Crippen molar-refractivity contribution in [3.05, 3.63) is 29.8 Å². The first-order chi connectivity index (χ1) is 6.27. The maximum atomic E-state index is 10.2. The average molecular weight is 180 g/mol. The lowest BCUT2D eigenvalue weighted by atomic mass is 10.1. The van der Waals surface area contributed by atoms with Crippen LogP contribution in [0.1, 0.15) is 5.56 Å². The minimum atomic E-state index is -0.948. The Hall–Kier alpha value is -1.35. The van der Waals surface area contributed by atoms with Gasteiger partial charge in [0, 0.05) is 6.42 Å². The highest BCUT2D eigenvalue weighted by molar-refractivity contribution is 5.56. The zero-order valence-electron chi connectivity index (χ0n) is 7.43. The number of carbonyl (C=O) groups excluding carboxylic acids is 1. The second kappa shape index (κ2) is 4.62. The number of rotatable bonds is 4. The second-order valence-corrected chi connectivity index (χ2v) is 2.72. The van der Waals surface area contributed by atoms with Gasteiger partial charge in [-0.25, -0.2) is 0 Å². The first kappa shape index (κ1) is 9.74. The molecule has 0 aliphatic carbocycles. The SMILES string of the molecule is COc1ccccc1CC(O)C=O. The number of carbonyl (C=O) groups is 1. The van der Waals surface area contributed by atoms with E-state index in [0.717, 1.165) is 5.56 Å². The molecule has 0 aliphatic rings. The molecule has 1 N–H and O–H groups in total. The van der Waals surface area contributed by atoms with Crippen molar-refractivity contribution in [1.82, 2.24) is 0 Å². The van der Waals surface area contributed by atoms with E-state index < -0.39 is 6.10 Å². The van der Waals surface area contributed by atoms with E-state index in [2.05, 4.69) is 0 Å². The Bertz CT molecular complexity index is 283. The van der Waals surface area contributed by atoms with Crippen molar-refractivity contribution in [3.8, 4) is 5.75 Å². The molecule has 0 saturated heterocycles. The van der Waals surface area contributed by atoms with E-state index in [1.54, 1.807) is 13.2 Å². The van der Waals surface area contributed by atoms with Crippen molar-refractivity contribution in [2.24, 2.45) is 0 Å². The molecular formula is C10H12O3. The molecular weight excluding hydrogens is 168 g/mol. The highest BCUT2D eigenvalue weighted by Crippen LogP contribution is 2.18. The Balaban J connectivity index is 2.80. The molecule has 0 fully saturated rings. The van der Waals surface area contributed by atoms with Gasteiger partial charge in [0.25, 0.3) is 0 Å². The first-order valence-corrected chi connectivity index (χ1v) is 4.03. The van der Waals surface area contributed by atoms with Crippen molar-refractivity contribution >= 4 is 6.29 Å². The number of aliphatic hydroxyl groups is 1. The number of para-hydroxylation sites is 1. The lowest BCUT2D eigenvalue weighted by Crippen LogP contribution is -2.12. The third kappa shape index (κ3) is 2.56. The highest BCUT2D eigenvalue weighted by Gasteiger charge is 2.07. The molecule has 0 spiro atoms.